The number of benzene rings is 1. The van der Waals surface area contributed by atoms with E-state index in [9.17, 15) is 13.2 Å². The minimum Gasteiger partial charge on any atom is -0.207 e. The average molecular weight is 240 g/mol. The Bertz CT molecular complexity index is 435. The number of hydrogen-bond donors (Lipinski definition) is 0. The van der Waals surface area contributed by atoms with Gasteiger partial charge in [-0.2, -0.15) is 0 Å². The lowest BCUT2D eigenvalue weighted by Crippen LogP contribution is -1.94. The van der Waals surface area contributed by atoms with E-state index in [1.54, 1.807) is 12.1 Å². The van der Waals surface area contributed by atoms with E-state index in [-0.39, 0.29) is 11.4 Å². The van der Waals surface area contributed by atoms with E-state index >= 15 is 0 Å². The Labute approximate surface area is 99.5 Å². The highest BCUT2D eigenvalue weighted by molar-refractivity contribution is 5.76. The molecule has 0 aliphatic carbocycles. The van der Waals surface area contributed by atoms with Crippen molar-refractivity contribution in [3.63, 3.8) is 0 Å². The molecule has 3 heteroatoms. The summed E-state index contributed by atoms with van der Waals surface area (Å²) in [6.45, 7) is 5.07. The third kappa shape index (κ3) is 3.77. The molecule has 0 saturated carbocycles. The predicted octanol–water partition coefficient (Wildman–Crippen LogP) is 4.83. The monoisotopic (exact) mass is 240 g/mol. The van der Waals surface area contributed by atoms with Crippen molar-refractivity contribution in [1.82, 2.24) is 0 Å². The minimum atomic E-state index is -2.47. The van der Waals surface area contributed by atoms with Crippen LogP contribution in [-0.2, 0) is 0 Å². The normalized spacial score (nSPS) is 11.8. The van der Waals surface area contributed by atoms with Crippen LogP contribution in [0.1, 0.15) is 26.3 Å². The van der Waals surface area contributed by atoms with Gasteiger partial charge in [0.15, 0.2) is 0 Å². The molecule has 0 bridgehead atoms. The van der Waals surface area contributed by atoms with Crippen molar-refractivity contribution < 1.29 is 13.2 Å². The van der Waals surface area contributed by atoms with Crippen LogP contribution in [0.15, 0.2) is 41.5 Å². The van der Waals surface area contributed by atoms with Gasteiger partial charge in [0.25, 0.3) is 6.43 Å². The topological polar surface area (TPSA) is 0 Å². The van der Waals surface area contributed by atoms with Crippen LogP contribution in [0.5, 0.6) is 0 Å². The summed E-state index contributed by atoms with van der Waals surface area (Å²) in [4.78, 5) is 0. The maximum atomic E-state index is 12.8. The van der Waals surface area contributed by atoms with Crippen LogP contribution in [0.2, 0.25) is 0 Å². The number of hydrogen-bond acceptors (Lipinski definition) is 0. The Morgan fingerprint density at radius 2 is 1.59 bits per heavy atom. The summed E-state index contributed by atoms with van der Waals surface area (Å²) in [7, 11) is 0. The molecule has 0 saturated heterocycles. The fraction of sp³-hybridized carbons (Fsp3) is 0.286. The summed E-state index contributed by atoms with van der Waals surface area (Å²) < 4.78 is 37.8. The Balaban J connectivity index is 3.17. The highest BCUT2D eigenvalue weighted by Crippen LogP contribution is 2.23. The molecule has 0 amide bonds. The van der Waals surface area contributed by atoms with Gasteiger partial charge in [-0.1, -0.05) is 17.7 Å². The Kier molecular flexibility index (Phi) is 4.55. The van der Waals surface area contributed by atoms with Gasteiger partial charge in [-0.3, -0.25) is 0 Å². The summed E-state index contributed by atoms with van der Waals surface area (Å²) >= 11 is 0. The molecule has 1 rings (SSSR count). The molecule has 0 aliphatic heterocycles. The van der Waals surface area contributed by atoms with Crippen LogP contribution in [0.4, 0.5) is 13.2 Å². The molecular weight excluding hydrogens is 225 g/mol. The van der Waals surface area contributed by atoms with Gasteiger partial charge in [0.2, 0.25) is 0 Å². The lowest BCUT2D eigenvalue weighted by atomic mass is 9.99. The Morgan fingerprint density at radius 1 is 1.06 bits per heavy atom. The van der Waals surface area contributed by atoms with Gasteiger partial charge in [-0.25, -0.2) is 13.2 Å². The average Bonchev–Trinajstić information content (AvgIpc) is 2.26. The third-order valence-electron chi connectivity index (χ3n) is 2.41. The van der Waals surface area contributed by atoms with Crippen LogP contribution in [0, 0.1) is 5.82 Å². The van der Waals surface area contributed by atoms with Crippen molar-refractivity contribution in [2.45, 2.75) is 27.2 Å². The zero-order chi connectivity index (χ0) is 13.0. The summed E-state index contributed by atoms with van der Waals surface area (Å²) in [6.07, 6.45) is -1.02. The second kappa shape index (κ2) is 5.71. The lowest BCUT2D eigenvalue weighted by Gasteiger charge is -2.08. The van der Waals surface area contributed by atoms with Crippen LogP contribution >= 0.6 is 0 Å². The van der Waals surface area contributed by atoms with Gasteiger partial charge in [-0.15, -0.1) is 0 Å². The molecular formula is C14H15F3. The van der Waals surface area contributed by atoms with Gasteiger partial charge in [0, 0.05) is 0 Å². The van der Waals surface area contributed by atoms with Gasteiger partial charge in [-0.05, 0) is 55.7 Å². The SMILES string of the molecule is CC(=CC(=C(C)C)c1ccc(F)cc1)C(F)F. The minimum absolute atomic E-state index is 0.00512. The molecule has 0 aliphatic rings. The molecule has 17 heavy (non-hydrogen) atoms. The van der Waals surface area contributed by atoms with Crippen molar-refractivity contribution in [3.8, 4) is 0 Å². The molecule has 0 fully saturated rings. The van der Waals surface area contributed by atoms with E-state index in [1.165, 1.54) is 25.1 Å². The molecule has 0 aromatic heterocycles. The lowest BCUT2D eigenvalue weighted by molar-refractivity contribution is 0.190. The maximum absolute atomic E-state index is 12.8. The van der Waals surface area contributed by atoms with Crippen LogP contribution in [0.3, 0.4) is 0 Å². The number of halogens is 3. The zero-order valence-corrected chi connectivity index (χ0v) is 10.1. The first-order valence-corrected chi connectivity index (χ1v) is 5.31. The van der Waals surface area contributed by atoms with Crippen molar-refractivity contribution in [1.29, 1.82) is 0 Å². The van der Waals surface area contributed by atoms with Gasteiger partial charge >= 0.3 is 0 Å². The molecule has 92 valence electrons. The molecule has 0 spiro atoms. The fourth-order valence-electron chi connectivity index (χ4n) is 1.44. The standard InChI is InChI=1S/C14H15F3/c1-9(2)13(8-10(3)14(16)17)11-4-6-12(15)7-5-11/h4-8,14H,1-3H3. The summed E-state index contributed by atoms with van der Waals surface area (Å²) in [5.41, 5.74) is 2.37. The van der Waals surface area contributed by atoms with Crippen LogP contribution in [0.25, 0.3) is 5.57 Å². The van der Waals surface area contributed by atoms with E-state index in [0.717, 1.165) is 11.1 Å². The molecule has 0 nitrogen and oxygen atoms in total. The summed E-state index contributed by atoms with van der Waals surface area (Å²) in [5.74, 6) is -0.337. The first-order valence-electron chi connectivity index (χ1n) is 5.31. The van der Waals surface area contributed by atoms with Crippen LogP contribution in [-0.4, -0.2) is 6.43 Å². The first-order chi connectivity index (χ1) is 7.91. The zero-order valence-electron chi connectivity index (χ0n) is 10.1. The van der Waals surface area contributed by atoms with E-state index in [1.807, 2.05) is 13.8 Å². The van der Waals surface area contributed by atoms with Gasteiger partial charge < -0.3 is 0 Å². The fourth-order valence-corrected chi connectivity index (χ4v) is 1.44. The Hall–Kier alpha value is -1.51. The van der Waals surface area contributed by atoms with E-state index < -0.39 is 6.43 Å². The predicted molar refractivity (Wildman–Crippen MR) is 64.4 cm³/mol. The number of alkyl halides is 2. The summed E-state index contributed by atoms with van der Waals surface area (Å²) in [5, 5.41) is 0. The first kappa shape index (κ1) is 13.6. The molecule has 0 unspecified atom stereocenters. The molecule has 0 radical (unpaired) electrons. The van der Waals surface area contributed by atoms with Crippen molar-refractivity contribution in [2.24, 2.45) is 0 Å². The summed E-state index contributed by atoms with van der Waals surface area (Å²) in [6, 6.07) is 5.83. The van der Waals surface area contributed by atoms with Crippen LogP contribution < -0.4 is 0 Å². The van der Waals surface area contributed by atoms with E-state index in [2.05, 4.69) is 0 Å². The molecule has 1 aromatic rings. The highest BCUT2D eigenvalue weighted by Gasteiger charge is 2.08. The molecule has 1 aromatic carbocycles. The van der Waals surface area contributed by atoms with E-state index in [0.29, 0.717) is 5.57 Å². The number of allylic oxidation sites excluding steroid dienone is 4. The highest BCUT2D eigenvalue weighted by atomic mass is 19.3. The third-order valence-corrected chi connectivity index (χ3v) is 2.41. The largest absolute Gasteiger partial charge is 0.259 e. The second-order valence-electron chi connectivity index (χ2n) is 4.11. The quantitative estimate of drug-likeness (QED) is 0.664. The van der Waals surface area contributed by atoms with Gasteiger partial charge in [0.1, 0.15) is 5.82 Å². The van der Waals surface area contributed by atoms with Crippen molar-refractivity contribution in [2.75, 3.05) is 0 Å². The smallest absolute Gasteiger partial charge is 0.207 e. The Morgan fingerprint density at radius 3 is 2.00 bits per heavy atom. The van der Waals surface area contributed by atoms with Crippen molar-refractivity contribution in [3.05, 3.63) is 52.9 Å². The molecule has 0 atom stereocenters. The van der Waals surface area contributed by atoms with Crippen molar-refractivity contribution >= 4 is 5.57 Å². The second-order valence-corrected chi connectivity index (χ2v) is 4.11. The van der Waals surface area contributed by atoms with E-state index in [4.69, 9.17) is 0 Å². The number of rotatable bonds is 3. The maximum Gasteiger partial charge on any atom is 0.259 e. The molecule has 0 N–H and O–H groups in total. The molecule has 0 heterocycles. The van der Waals surface area contributed by atoms with Gasteiger partial charge in [0.05, 0.1) is 0 Å².